The number of hydrogen-bond acceptors (Lipinski definition) is 9. The van der Waals surface area contributed by atoms with Crippen molar-refractivity contribution in [1.82, 2.24) is 25.3 Å². The second-order valence-corrected chi connectivity index (χ2v) is 12.8. The summed E-state index contributed by atoms with van der Waals surface area (Å²) in [5.74, 6) is -0.508. The maximum atomic E-state index is 13.3. The number of amides is 4. The lowest BCUT2D eigenvalue weighted by Crippen LogP contribution is -2.48. The molecule has 13 nitrogen and oxygen atoms in total. The molecule has 1 aromatic heterocycles. The first-order valence-corrected chi connectivity index (χ1v) is 16.9. The van der Waals surface area contributed by atoms with Crippen molar-refractivity contribution in [2.24, 2.45) is 0 Å². The molecule has 2 atom stereocenters. The molecule has 7 rings (SSSR count). The number of ether oxygens (including phenoxy) is 1. The van der Waals surface area contributed by atoms with Crippen LogP contribution in [0.2, 0.25) is 0 Å². The predicted molar refractivity (Wildman–Crippen MR) is 187 cm³/mol. The Hall–Kier alpha value is -5.53. The first-order chi connectivity index (χ1) is 24.4. The highest BCUT2D eigenvalue weighted by molar-refractivity contribution is 6.04. The van der Waals surface area contributed by atoms with Gasteiger partial charge in [0.25, 0.3) is 11.8 Å². The maximum absolute atomic E-state index is 13.3. The molecule has 258 valence electrons. The Balaban J connectivity index is 0.912. The Kier molecular flexibility index (Phi) is 9.58. The minimum atomic E-state index is -0.710. The molecule has 13 heteroatoms. The zero-order valence-corrected chi connectivity index (χ0v) is 27.9. The fraction of sp³-hybridized carbons (Fsp3) is 0.324. The second-order valence-electron chi connectivity index (χ2n) is 12.8. The van der Waals surface area contributed by atoms with E-state index in [1.165, 1.54) is 7.11 Å². The zero-order chi connectivity index (χ0) is 34.6. The van der Waals surface area contributed by atoms with Crippen molar-refractivity contribution in [2.75, 3.05) is 48.8 Å². The van der Waals surface area contributed by atoms with Gasteiger partial charge in [-0.25, -0.2) is 0 Å². The minimum absolute atomic E-state index is 0.149. The topological polar surface area (TPSA) is 152 Å². The van der Waals surface area contributed by atoms with E-state index in [9.17, 15) is 19.2 Å². The van der Waals surface area contributed by atoms with Gasteiger partial charge in [0, 0.05) is 68.8 Å². The number of nitrogens with one attached hydrogen (secondary N) is 4. The third-order valence-electron chi connectivity index (χ3n) is 9.60. The molecule has 1 unspecified atom stereocenters. The molecule has 0 bridgehead atoms. The van der Waals surface area contributed by atoms with Gasteiger partial charge in [-0.3, -0.25) is 34.5 Å². The van der Waals surface area contributed by atoms with E-state index < -0.39 is 12.1 Å². The van der Waals surface area contributed by atoms with Crippen LogP contribution in [0, 0.1) is 0 Å². The summed E-state index contributed by atoms with van der Waals surface area (Å²) in [7, 11) is 1.53. The third-order valence-corrected chi connectivity index (χ3v) is 9.60. The number of fused-ring (bicyclic) bond motifs is 1. The number of anilines is 3. The van der Waals surface area contributed by atoms with Gasteiger partial charge in [-0.2, -0.15) is 5.10 Å². The highest BCUT2D eigenvalue weighted by Crippen LogP contribution is 2.31. The van der Waals surface area contributed by atoms with Gasteiger partial charge in [0.1, 0.15) is 6.04 Å². The van der Waals surface area contributed by atoms with Crippen LogP contribution in [-0.2, 0) is 38.8 Å². The second kappa shape index (κ2) is 14.5. The van der Waals surface area contributed by atoms with Crippen LogP contribution in [0.25, 0.3) is 0 Å². The number of methoxy groups -OCH3 is 1. The first-order valence-electron chi connectivity index (χ1n) is 16.9. The number of nitrogens with zero attached hydrogens (tertiary/aromatic N) is 4. The number of benzene rings is 3. The molecule has 2 saturated heterocycles. The van der Waals surface area contributed by atoms with Gasteiger partial charge in [-0.05, 0) is 47.9 Å². The predicted octanol–water partition coefficient (Wildman–Crippen LogP) is 3.43. The van der Waals surface area contributed by atoms with Crippen molar-refractivity contribution < 1.29 is 23.9 Å². The van der Waals surface area contributed by atoms with Gasteiger partial charge >= 0.3 is 0 Å². The monoisotopic (exact) mass is 676 g/mol. The average molecular weight is 677 g/mol. The lowest BCUT2D eigenvalue weighted by molar-refractivity contribution is -0.143. The van der Waals surface area contributed by atoms with Gasteiger partial charge in [-0.1, -0.05) is 48.5 Å². The van der Waals surface area contributed by atoms with Crippen LogP contribution in [-0.4, -0.2) is 83.0 Å². The molecule has 3 aromatic carbocycles. The van der Waals surface area contributed by atoms with E-state index >= 15 is 0 Å². The lowest BCUT2D eigenvalue weighted by atomic mass is 10.0. The van der Waals surface area contributed by atoms with Crippen LogP contribution in [0.15, 0.2) is 78.9 Å². The Bertz CT molecular complexity index is 1870. The van der Waals surface area contributed by atoms with Crippen LogP contribution in [0.4, 0.5) is 17.2 Å². The van der Waals surface area contributed by atoms with E-state index in [0.717, 1.165) is 66.5 Å². The normalized spacial score (nSPS) is 18.4. The summed E-state index contributed by atoms with van der Waals surface area (Å²) in [5.41, 5.74) is 5.94. The lowest BCUT2D eigenvalue weighted by Gasteiger charge is -2.36. The van der Waals surface area contributed by atoms with E-state index in [2.05, 4.69) is 42.0 Å². The number of piperazine rings is 1. The largest absolute Gasteiger partial charge is 0.373 e. The smallest absolute Gasteiger partial charge is 0.256 e. The van der Waals surface area contributed by atoms with Gasteiger partial charge in [0.05, 0.1) is 18.8 Å². The van der Waals surface area contributed by atoms with Crippen molar-refractivity contribution in [3.05, 3.63) is 107 Å². The summed E-state index contributed by atoms with van der Waals surface area (Å²) in [5, 5.41) is 16.0. The first kappa shape index (κ1) is 33.0. The summed E-state index contributed by atoms with van der Waals surface area (Å²) in [4.78, 5) is 56.8. The number of carbonyl (C=O) groups excluding carboxylic acids is 4. The van der Waals surface area contributed by atoms with Crippen LogP contribution in [0.3, 0.4) is 0 Å². The molecule has 50 heavy (non-hydrogen) atoms. The third kappa shape index (κ3) is 7.09. The van der Waals surface area contributed by atoms with Crippen molar-refractivity contribution >= 4 is 40.8 Å². The maximum Gasteiger partial charge on any atom is 0.256 e. The molecule has 4 heterocycles. The molecule has 0 aliphatic carbocycles. The molecule has 0 spiro atoms. The summed E-state index contributed by atoms with van der Waals surface area (Å²) in [6.07, 6.45) is 0.104. The Morgan fingerprint density at radius 1 is 0.940 bits per heavy atom. The standard InChI is InChI=1S/C37H40N8O5/c1-50-33(24-7-3-2-4-8-24)37(49)45-22-28-31(23-45)41-42-34(28)40-35(47)25-11-13-27(14-12-25)44-19-17-43(18-20-44)21-26-9-5-6-10-29(26)38-30-15-16-32(46)39-36(30)48/h2-14,30,33,38H,15-23H2,1H3,(H,39,46,48)(H2,40,41,42,47)/t30?,33-/m1/s1. The molecule has 3 aliphatic rings. The van der Waals surface area contributed by atoms with Gasteiger partial charge in [0.2, 0.25) is 11.8 Å². The number of aromatic nitrogens is 2. The number of rotatable bonds is 10. The molecule has 0 saturated carbocycles. The fourth-order valence-electron chi connectivity index (χ4n) is 6.80. The summed E-state index contributed by atoms with van der Waals surface area (Å²) in [6, 6.07) is 24.5. The van der Waals surface area contributed by atoms with Crippen LogP contribution in [0.1, 0.15) is 51.7 Å². The molecule has 4 amide bonds. The van der Waals surface area contributed by atoms with E-state index in [1.54, 1.807) is 4.90 Å². The van der Waals surface area contributed by atoms with E-state index in [1.807, 2.05) is 72.8 Å². The van der Waals surface area contributed by atoms with Gasteiger partial charge in [0.15, 0.2) is 11.9 Å². The number of carbonyl (C=O) groups is 4. The number of imide groups is 1. The number of hydrogen-bond donors (Lipinski definition) is 4. The minimum Gasteiger partial charge on any atom is -0.373 e. The summed E-state index contributed by atoms with van der Waals surface area (Å²) >= 11 is 0. The number of aromatic amines is 1. The molecule has 2 fully saturated rings. The molecular weight excluding hydrogens is 636 g/mol. The highest BCUT2D eigenvalue weighted by Gasteiger charge is 2.33. The number of H-pyrrole nitrogens is 1. The average Bonchev–Trinajstić information content (AvgIpc) is 3.73. The van der Waals surface area contributed by atoms with E-state index in [0.29, 0.717) is 37.3 Å². The van der Waals surface area contributed by atoms with Crippen molar-refractivity contribution in [2.45, 2.75) is 44.6 Å². The zero-order valence-electron chi connectivity index (χ0n) is 27.9. The summed E-state index contributed by atoms with van der Waals surface area (Å²) in [6.45, 7) is 4.79. The molecule has 4 N–H and O–H groups in total. The van der Waals surface area contributed by atoms with Crippen LogP contribution in [0.5, 0.6) is 0 Å². The fourth-order valence-corrected chi connectivity index (χ4v) is 6.80. The van der Waals surface area contributed by atoms with Gasteiger partial charge < -0.3 is 25.2 Å². The highest BCUT2D eigenvalue weighted by atomic mass is 16.5. The SMILES string of the molecule is CO[C@@H](C(=O)N1Cc2[nH]nc(NC(=O)c3ccc(N4CCN(Cc5ccccc5NC5CCC(=O)NC5=O)CC4)cc3)c2C1)c1ccccc1. The van der Waals surface area contributed by atoms with E-state index in [-0.39, 0.29) is 23.6 Å². The Morgan fingerprint density at radius 3 is 2.42 bits per heavy atom. The quantitative estimate of drug-likeness (QED) is 0.185. The molecule has 3 aliphatic heterocycles. The van der Waals surface area contributed by atoms with Crippen molar-refractivity contribution in [3.8, 4) is 0 Å². The Labute approximate surface area is 290 Å². The Morgan fingerprint density at radius 2 is 1.68 bits per heavy atom. The molecular formula is C37H40N8O5. The van der Waals surface area contributed by atoms with E-state index in [4.69, 9.17) is 4.74 Å². The molecule has 0 radical (unpaired) electrons. The number of para-hydroxylation sites is 1. The van der Waals surface area contributed by atoms with Crippen LogP contribution >= 0.6 is 0 Å². The van der Waals surface area contributed by atoms with Gasteiger partial charge in [-0.15, -0.1) is 0 Å². The summed E-state index contributed by atoms with van der Waals surface area (Å²) < 4.78 is 5.54. The molecule has 4 aromatic rings. The van der Waals surface area contributed by atoms with Crippen molar-refractivity contribution in [1.29, 1.82) is 0 Å². The number of piperidine rings is 1. The van der Waals surface area contributed by atoms with Crippen LogP contribution < -0.4 is 20.9 Å². The van der Waals surface area contributed by atoms with Crippen molar-refractivity contribution in [3.63, 3.8) is 0 Å².